The van der Waals surface area contributed by atoms with Gasteiger partial charge in [0.05, 0.1) is 18.8 Å². The first kappa shape index (κ1) is 22.6. The number of esters is 1. The van der Waals surface area contributed by atoms with Crippen molar-refractivity contribution in [2.24, 2.45) is 46.3 Å². The predicted molar refractivity (Wildman–Crippen MR) is 118 cm³/mol. The molecule has 0 aliphatic heterocycles. The fourth-order valence-corrected chi connectivity index (χ4v) is 9.03. The van der Waals surface area contributed by atoms with Crippen molar-refractivity contribution < 1.29 is 19.7 Å². The smallest absolute Gasteiger partial charge is 0.305 e. The zero-order valence-electron chi connectivity index (χ0n) is 19.6. The Hall–Kier alpha value is -0.610. The number of aliphatic hydroxyl groups excluding tert-OH is 2. The molecule has 4 rings (SSSR count). The van der Waals surface area contributed by atoms with Gasteiger partial charge < -0.3 is 14.9 Å². The molecular formula is C26H44O4. The van der Waals surface area contributed by atoms with E-state index in [1.54, 1.807) is 0 Å². The van der Waals surface area contributed by atoms with E-state index < -0.39 is 0 Å². The van der Waals surface area contributed by atoms with E-state index in [0.29, 0.717) is 48.0 Å². The monoisotopic (exact) mass is 420 g/mol. The normalized spacial score (nSPS) is 48.9. The fraction of sp³-hybridized carbons (Fsp3) is 0.962. The first-order valence-electron chi connectivity index (χ1n) is 12.7. The Kier molecular flexibility index (Phi) is 6.31. The lowest BCUT2D eigenvalue weighted by molar-refractivity contribution is -0.172. The molecule has 4 nitrogen and oxygen atoms in total. The van der Waals surface area contributed by atoms with Gasteiger partial charge in [-0.3, -0.25) is 4.79 Å². The summed E-state index contributed by atoms with van der Waals surface area (Å²) >= 11 is 0. The molecule has 0 radical (unpaired) electrons. The SMILES string of the molecule is CCOC(=O)CC[C@H](C)C1CCC2C3C[C@H](O)[C@@H]4C[C@H](O)CC[C@]4(C)C3CC[C@@]21C. The minimum Gasteiger partial charge on any atom is -0.466 e. The van der Waals surface area contributed by atoms with E-state index >= 15 is 0 Å². The minimum absolute atomic E-state index is 0.0541. The van der Waals surface area contributed by atoms with Gasteiger partial charge in [0.2, 0.25) is 0 Å². The second-order valence-corrected chi connectivity index (χ2v) is 11.8. The second-order valence-electron chi connectivity index (χ2n) is 11.8. The molecule has 172 valence electrons. The standard InChI is InChI=1S/C26H44O4/c1-5-30-24(29)9-6-16(2)19-7-8-20-18-15-23(28)22-14-17(27)10-12-26(22,4)21(18)11-13-25(19,20)3/h16-23,27-28H,5-15H2,1-4H3/t16-,17+,18?,19?,20?,21?,22-,23-,25+,26+/m0/s1. The molecule has 4 aliphatic rings. The highest BCUT2D eigenvalue weighted by Crippen LogP contribution is 2.68. The molecule has 30 heavy (non-hydrogen) atoms. The van der Waals surface area contributed by atoms with Gasteiger partial charge in [0.25, 0.3) is 0 Å². The maximum atomic E-state index is 11.9. The van der Waals surface area contributed by atoms with Crippen LogP contribution in [0.15, 0.2) is 0 Å². The van der Waals surface area contributed by atoms with E-state index in [-0.39, 0.29) is 29.5 Å². The molecule has 0 aromatic rings. The topological polar surface area (TPSA) is 66.8 Å². The Morgan fingerprint density at radius 2 is 1.70 bits per heavy atom. The van der Waals surface area contributed by atoms with E-state index in [2.05, 4.69) is 20.8 Å². The van der Waals surface area contributed by atoms with Crippen molar-refractivity contribution in [1.29, 1.82) is 0 Å². The largest absolute Gasteiger partial charge is 0.466 e. The van der Waals surface area contributed by atoms with Crippen LogP contribution < -0.4 is 0 Å². The molecule has 2 N–H and O–H groups in total. The van der Waals surface area contributed by atoms with Gasteiger partial charge in [0.15, 0.2) is 0 Å². The Bertz CT molecular complexity index is 635. The summed E-state index contributed by atoms with van der Waals surface area (Å²) in [5, 5.41) is 21.4. The molecule has 0 saturated heterocycles. The number of rotatable bonds is 5. The van der Waals surface area contributed by atoms with Crippen LogP contribution >= 0.6 is 0 Å². The van der Waals surface area contributed by atoms with Crippen molar-refractivity contribution in [3.8, 4) is 0 Å². The summed E-state index contributed by atoms with van der Waals surface area (Å²) < 4.78 is 5.15. The van der Waals surface area contributed by atoms with Gasteiger partial charge in [-0.1, -0.05) is 20.8 Å². The van der Waals surface area contributed by atoms with Crippen molar-refractivity contribution in [3.05, 3.63) is 0 Å². The molecule has 0 heterocycles. The van der Waals surface area contributed by atoms with Gasteiger partial charge in [-0.15, -0.1) is 0 Å². The van der Waals surface area contributed by atoms with Crippen LogP contribution in [0, 0.1) is 46.3 Å². The van der Waals surface area contributed by atoms with Crippen LogP contribution in [0.1, 0.15) is 91.9 Å². The number of ether oxygens (including phenoxy) is 1. The summed E-state index contributed by atoms with van der Waals surface area (Å²) in [6.07, 6.45) is 9.79. The van der Waals surface area contributed by atoms with Crippen molar-refractivity contribution in [2.75, 3.05) is 6.61 Å². The maximum Gasteiger partial charge on any atom is 0.305 e. The molecule has 0 aromatic heterocycles. The van der Waals surface area contributed by atoms with Gasteiger partial charge in [0.1, 0.15) is 0 Å². The average molecular weight is 421 g/mol. The van der Waals surface area contributed by atoms with Crippen LogP contribution in [0.4, 0.5) is 0 Å². The summed E-state index contributed by atoms with van der Waals surface area (Å²) in [6, 6.07) is 0. The molecule has 0 spiro atoms. The molecule has 10 atom stereocenters. The lowest BCUT2D eigenvalue weighted by Gasteiger charge is -2.62. The Morgan fingerprint density at radius 3 is 2.43 bits per heavy atom. The van der Waals surface area contributed by atoms with Gasteiger partial charge in [0, 0.05) is 6.42 Å². The van der Waals surface area contributed by atoms with Crippen molar-refractivity contribution >= 4 is 5.97 Å². The minimum atomic E-state index is -0.256. The molecule has 0 aromatic carbocycles. The van der Waals surface area contributed by atoms with Crippen molar-refractivity contribution in [3.63, 3.8) is 0 Å². The highest BCUT2D eigenvalue weighted by Gasteiger charge is 2.62. The van der Waals surface area contributed by atoms with Crippen LogP contribution in [0.5, 0.6) is 0 Å². The number of hydrogen-bond donors (Lipinski definition) is 2. The summed E-state index contributed by atoms with van der Waals surface area (Å²) in [5.74, 6) is 3.46. The molecule has 4 unspecified atom stereocenters. The summed E-state index contributed by atoms with van der Waals surface area (Å²) in [6.45, 7) is 9.65. The number of fused-ring (bicyclic) bond motifs is 5. The fourth-order valence-electron chi connectivity index (χ4n) is 9.03. The zero-order chi connectivity index (χ0) is 21.7. The quantitative estimate of drug-likeness (QED) is 0.617. The van der Waals surface area contributed by atoms with Crippen LogP contribution in [0.2, 0.25) is 0 Å². The number of aliphatic hydroxyl groups is 2. The lowest BCUT2D eigenvalue weighted by atomic mass is 9.44. The van der Waals surface area contributed by atoms with E-state index in [9.17, 15) is 15.0 Å². The predicted octanol–water partition coefficient (Wildman–Crippen LogP) is 4.96. The van der Waals surface area contributed by atoms with Crippen LogP contribution in [-0.2, 0) is 9.53 Å². The van der Waals surface area contributed by atoms with Gasteiger partial charge in [-0.2, -0.15) is 0 Å². The van der Waals surface area contributed by atoms with E-state index in [1.807, 2.05) is 6.92 Å². The van der Waals surface area contributed by atoms with E-state index in [1.165, 1.54) is 25.7 Å². The highest BCUT2D eigenvalue weighted by atomic mass is 16.5. The molecule has 0 bridgehead atoms. The Morgan fingerprint density at radius 1 is 1.00 bits per heavy atom. The van der Waals surface area contributed by atoms with Gasteiger partial charge in [-0.05, 0) is 111 Å². The molecule has 4 saturated carbocycles. The summed E-state index contributed by atoms with van der Waals surface area (Å²) in [4.78, 5) is 11.9. The number of carbonyl (C=O) groups is 1. The van der Waals surface area contributed by atoms with Crippen LogP contribution in [0.3, 0.4) is 0 Å². The first-order chi connectivity index (χ1) is 14.2. The summed E-state index contributed by atoms with van der Waals surface area (Å²) in [7, 11) is 0. The number of carbonyl (C=O) groups excluding carboxylic acids is 1. The lowest BCUT2D eigenvalue weighted by Crippen LogP contribution is -2.58. The Labute approximate surface area is 183 Å². The third-order valence-electron chi connectivity index (χ3n) is 10.5. The maximum absolute atomic E-state index is 11.9. The molecule has 0 amide bonds. The van der Waals surface area contributed by atoms with Gasteiger partial charge in [-0.25, -0.2) is 0 Å². The molecule has 4 fully saturated rings. The number of hydrogen-bond acceptors (Lipinski definition) is 4. The molecule has 4 aliphatic carbocycles. The van der Waals surface area contributed by atoms with Crippen LogP contribution in [-0.4, -0.2) is 35.0 Å². The average Bonchev–Trinajstić information content (AvgIpc) is 3.05. The van der Waals surface area contributed by atoms with E-state index in [4.69, 9.17) is 4.74 Å². The van der Waals surface area contributed by atoms with Crippen molar-refractivity contribution in [1.82, 2.24) is 0 Å². The first-order valence-corrected chi connectivity index (χ1v) is 12.7. The summed E-state index contributed by atoms with van der Waals surface area (Å²) in [5.41, 5.74) is 0.531. The zero-order valence-corrected chi connectivity index (χ0v) is 19.6. The highest BCUT2D eigenvalue weighted by molar-refractivity contribution is 5.69. The molecule has 4 heteroatoms. The van der Waals surface area contributed by atoms with Crippen LogP contribution in [0.25, 0.3) is 0 Å². The van der Waals surface area contributed by atoms with E-state index in [0.717, 1.165) is 32.1 Å². The molecular weight excluding hydrogens is 376 g/mol. The van der Waals surface area contributed by atoms with Gasteiger partial charge >= 0.3 is 5.97 Å². The second kappa shape index (κ2) is 8.39. The Balaban J connectivity index is 1.48. The third-order valence-corrected chi connectivity index (χ3v) is 10.5. The third kappa shape index (κ3) is 3.64. The van der Waals surface area contributed by atoms with Crippen molar-refractivity contribution in [2.45, 2.75) is 104 Å².